The lowest BCUT2D eigenvalue weighted by atomic mass is 10.0. The topological polar surface area (TPSA) is 70.3 Å². The van der Waals surface area contributed by atoms with Crippen molar-refractivity contribution in [1.82, 2.24) is 0 Å². The lowest BCUT2D eigenvalue weighted by Gasteiger charge is -2.05. The Morgan fingerprint density at radius 1 is 1.67 bits per heavy atom. The van der Waals surface area contributed by atoms with Gasteiger partial charge in [0.25, 0.3) is 0 Å². The highest BCUT2D eigenvalue weighted by atomic mass is 16.5. The van der Waals surface area contributed by atoms with E-state index in [9.17, 15) is 4.79 Å². The lowest BCUT2D eigenvalue weighted by Crippen LogP contribution is -2.14. The van der Waals surface area contributed by atoms with E-state index in [0.717, 1.165) is 5.56 Å². The molecule has 0 aliphatic carbocycles. The first-order chi connectivity index (χ1) is 7.17. The second-order valence-electron chi connectivity index (χ2n) is 3.08. The van der Waals surface area contributed by atoms with Gasteiger partial charge in [0.1, 0.15) is 11.7 Å². The third-order valence-corrected chi connectivity index (χ3v) is 2.03. The van der Waals surface area contributed by atoms with Gasteiger partial charge >= 0.3 is 5.97 Å². The van der Waals surface area contributed by atoms with E-state index in [2.05, 4.69) is 0 Å². The minimum Gasteiger partial charge on any atom is -0.497 e. The molecule has 0 aliphatic heterocycles. The molecule has 1 aromatic rings. The van der Waals surface area contributed by atoms with Crippen molar-refractivity contribution in [2.24, 2.45) is 5.92 Å². The smallest absolute Gasteiger partial charge is 0.321 e. The Kier molecular flexibility index (Phi) is 3.69. The van der Waals surface area contributed by atoms with Crippen LogP contribution in [0.4, 0.5) is 0 Å². The summed E-state index contributed by atoms with van der Waals surface area (Å²) in [6, 6.07) is 8.79. The predicted molar refractivity (Wildman–Crippen MR) is 53.4 cm³/mol. The van der Waals surface area contributed by atoms with E-state index in [1.54, 1.807) is 30.3 Å². The van der Waals surface area contributed by atoms with Crippen LogP contribution < -0.4 is 4.74 Å². The maximum atomic E-state index is 10.6. The van der Waals surface area contributed by atoms with Gasteiger partial charge in [0, 0.05) is 0 Å². The molecule has 0 saturated heterocycles. The summed E-state index contributed by atoms with van der Waals surface area (Å²) in [6.07, 6.45) is 0.197. The quantitative estimate of drug-likeness (QED) is 0.807. The van der Waals surface area contributed by atoms with Crippen LogP contribution in [0.25, 0.3) is 0 Å². The Labute approximate surface area is 87.7 Å². The molecule has 0 saturated carbocycles. The van der Waals surface area contributed by atoms with Gasteiger partial charge in [-0.1, -0.05) is 12.1 Å². The molecule has 0 radical (unpaired) electrons. The van der Waals surface area contributed by atoms with Crippen molar-refractivity contribution in [2.75, 3.05) is 7.11 Å². The van der Waals surface area contributed by atoms with Crippen molar-refractivity contribution in [3.8, 4) is 11.8 Å². The van der Waals surface area contributed by atoms with Crippen molar-refractivity contribution in [2.45, 2.75) is 6.42 Å². The van der Waals surface area contributed by atoms with Crippen molar-refractivity contribution in [1.29, 1.82) is 5.26 Å². The van der Waals surface area contributed by atoms with E-state index < -0.39 is 11.9 Å². The van der Waals surface area contributed by atoms with Crippen LogP contribution in [0.3, 0.4) is 0 Å². The van der Waals surface area contributed by atoms with E-state index in [1.807, 2.05) is 0 Å². The average molecular weight is 205 g/mol. The van der Waals surface area contributed by atoms with E-state index in [4.69, 9.17) is 15.1 Å². The number of carboxylic acids is 1. The fourth-order valence-corrected chi connectivity index (χ4v) is 1.22. The van der Waals surface area contributed by atoms with Crippen LogP contribution in [-0.4, -0.2) is 18.2 Å². The number of benzene rings is 1. The Morgan fingerprint density at radius 2 is 2.40 bits per heavy atom. The van der Waals surface area contributed by atoms with Crippen LogP contribution in [0, 0.1) is 17.2 Å². The molecule has 1 rings (SSSR count). The SMILES string of the molecule is COc1cccc(C[C@H](C#N)C(=O)O)c1. The summed E-state index contributed by atoms with van der Waals surface area (Å²) >= 11 is 0. The number of ether oxygens (including phenoxy) is 1. The molecule has 0 unspecified atom stereocenters. The largest absolute Gasteiger partial charge is 0.497 e. The molecular weight excluding hydrogens is 194 g/mol. The van der Waals surface area contributed by atoms with Gasteiger partial charge in [-0.2, -0.15) is 5.26 Å². The molecule has 4 heteroatoms. The zero-order valence-corrected chi connectivity index (χ0v) is 8.30. The van der Waals surface area contributed by atoms with Crippen LogP contribution in [0.5, 0.6) is 5.75 Å². The van der Waals surface area contributed by atoms with Gasteiger partial charge in [-0.05, 0) is 24.1 Å². The summed E-state index contributed by atoms with van der Waals surface area (Å²) < 4.78 is 5.00. The van der Waals surface area contributed by atoms with Gasteiger partial charge in [-0.15, -0.1) is 0 Å². The van der Waals surface area contributed by atoms with Gasteiger partial charge in [0.05, 0.1) is 13.2 Å². The molecular formula is C11H11NO3. The fourth-order valence-electron chi connectivity index (χ4n) is 1.22. The monoisotopic (exact) mass is 205 g/mol. The summed E-state index contributed by atoms with van der Waals surface area (Å²) in [7, 11) is 1.54. The summed E-state index contributed by atoms with van der Waals surface area (Å²) in [5, 5.41) is 17.3. The number of rotatable bonds is 4. The fraction of sp³-hybridized carbons (Fsp3) is 0.273. The molecule has 78 valence electrons. The summed E-state index contributed by atoms with van der Waals surface area (Å²) in [5.41, 5.74) is 0.781. The molecule has 0 bridgehead atoms. The molecule has 0 aromatic heterocycles. The van der Waals surface area contributed by atoms with Gasteiger partial charge in [-0.25, -0.2) is 0 Å². The number of hydrogen-bond acceptors (Lipinski definition) is 3. The second kappa shape index (κ2) is 5.01. The maximum Gasteiger partial charge on any atom is 0.321 e. The van der Waals surface area contributed by atoms with Gasteiger partial charge < -0.3 is 9.84 Å². The lowest BCUT2D eigenvalue weighted by molar-refractivity contribution is -0.139. The van der Waals surface area contributed by atoms with Crippen LogP contribution in [0.1, 0.15) is 5.56 Å². The number of nitrogens with zero attached hydrogens (tertiary/aromatic N) is 1. The highest BCUT2D eigenvalue weighted by Gasteiger charge is 2.16. The van der Waals surface area contributed by atoms with Gasteiger partial charge in [0.2, 0.25) is 0 Å². The summed E-state index contributed by atoms with van der Waals surface area (Å²) in [5.74, 6) is -1.44. The zero-order valence-electron chi connectivity index (χ0n) is 8.30. The first kappa shape index (κ1) is 11.1. The molecule has 1 N–H and O–H groups in total. The number of carbonyl (C=O) groups is 1. The Hall–Kier alpha value is -2.02. The molecule has 15 heavy (non-hydrogen) atoms. The van der Waals surface area contributed by atoms with Gasteiger partial charge in [-0.3, -0.25) is 4.79 Å². The van der Waals surface area contributed by atoms with Gasteiger partial charge in [0.15, 0.2) is 0 Å². The highest BCUT2D eigenvalue weighted by molar-refractivity contribution is 5.73. The number of carboxylic acid groups (broad SMARTS) is 1. The molecule has 0 fully saturated rings. The molecule has 1 aromatic carbocycles. The second-order valence-corrected chi connectivity index (χ2v) is 3.08. The molecule has 0 heterocycles. The van der Waals surface area contributed by atoms with Crippen molar-refractivity contribution < 1.29 is 14.6 Å². The van der Waals surface area contributed by atoms with Crippen LogP contribution in [-0.2, 0) is 11.2 Å². The third-order valence-electron chi connectivity index (χ3n) is 2.03. The van der Waals surface area contributed by atoms with E-state index in [-0.39, 0.29) is 6.42 Å². The number of methoxy groups -OCH3 is 1. The van der Waals surface area contributed by atoms with Crippen molar-refractivity contribution in [3.05, 3.63) is 29.8 Å². The number of aliphatic carboxylic acids is 1. The zero-order chi connectivity index (χ0) is 11.3. The van der Waals surface area contributed by atoms with E-state index in [1.165, 1.54) is 7.11 Å². The summed E-state index contributed by atoms with van der Waals surface area (Å²) in [4.78, 5) is 10.6. The van der Waals surface area contributed by atoms with Crippen LogP contribution >= 0.6 is 0 Å². The minimum absolute atomic E-state index is 0.197. The minimum atomic E-state index is -1.10. The Bertz CT molecular complexity index is 395. The molecule has 0 aliphatic rings. The molecule has 1 atom stereocenters. The molecule has 4 nitrogen and oxygen atoms in total. The maximum absolute atomic E-state index is 10.6. The normalized spacial score (nSPS) is 11.5. The Morgan fingerprint density at radius 3 is 2.93 bits per heavy atom. The van der Waals surface area contributed by atoms with Crippen LogP contribution in [0.2, 0.25) is 0 Å². The summed E-state index contributed by atoms with van der Waals surface area (Å²) in [6.45, 7) is 0. The predicted octanol–water partition coefficient (Wildman–Crippen LogP) is 1.46. The number of hydrogen-bond donors (Lipinski definition) is 1. The first-order valence-corrected chi connectivity index (χ1v) is 4.42. The van der Waals surface area contributed by atoms with E-state index in [0.29, 0.717) is 5.75 Å². The van der Waals surface area contributed by atoms with E-state index >= 15 is 0 Å². The third kappa shape index (κ3) is 2.99. The first-order valence-electron chi connectivity index (χ1n) is 4.42. The van der Waals surface area contributed by atoms with Crippen molar-refractivity contribution >= 4 is 5.97 Å². The highest BCUT2D eigenvalue weighted by Crippen LogP contribution is 2.15. The standard InChI is InChI=1S/C11H11NO3/c1-15-10-4-2-3-8(6-10)5-9(7-12)11(13)14/h2-4,6,9H,5H2,1H3,(H,13,14)/t9-/m1/s1. The molecule has 0 amide bonds. The average Bonchev–Trinajstić information content (AvgIpc) is 2.25. The molecule has 0 spiro atoms. The Balaban J connectivity index is 2.80. The van der Waals surface area contributed by atoms with Crippen molar-refractivity contribution in [3.63, 3.8) is 0 Å². The van der Waals surface area contributed by atoms with Crippen LogP contribution in [0.15, 0.2) is 24.3 Å². The number of nitriles is 1.